The van der Waals surface area contributed by atoms with Crippen molar-refractivity contribution >= 4 is 35.0 Å². The largest absolute Gasteiger partial charge is 0.454 e. The van der Waals surface area contributed by atoms with Crippen LogP contribution in [0.15, 0.2) is 66.7 Å². The average molecular weight is 556 g/mol. The van der Waals surface area contributed by atoms with Crippen LogP contribution in [0.2, 0.25) is 10.0 Å². The molecule has 6 nitrogen and oxygen atoms in total. The lowest BCUT2D eigenvalue weighted by molar-refractivity contribution is -0.141. The van der Waals surface area contributed by atoms with Gasteiger partial charge in [0.2, 0.25) is 18.6 Å². The molecule has 1 heterocycles. The molecule has 3 aromatic carbocycles. The molecule has 4 rings (SSSR count). The molecule has 1 aliphatic rings. The zero-order valence-corrected chi connectivity index (χ0v) is 23.1. The Morgan fingerprint density at radius 3 is 2.37 bits per heavy atom. The molecule has 1 aliphatic heterocycles. The molecular formula is C30H32Cl2N2O4. The van der Waals surface area contributed by atoms with Gasteiger partial charge in [0.1, 0.15) is 6.04 Å². The molecule has 38 heavy (non-hydrogen) atoms. The fraction of sp³-hybridized carbons (Fsp3) is 0.333. The quantitative estimate of drug-likeness (QED) is 0.312. The molecule has 0 spiro atoms. The first-order chi connectivity index (χ1) is 18.3. The summed E-state index contributed by atoms with van der Waals surface area (Å²) in [6.07, 6.45) is 1.12. The second kappa shape index (κ2) is 13.0. The van der Waals surface area contributed by atoms with E-state index in [0.717, 1.165) is 16.7 Å². The maximum absolute atomic E-state index is 13.8. The molecule has 0 saturated carbocycles. The summed E-state index contributed by atoms with van der Waals surface area (Å²) in [6.45, 7) is 5.02. The molecule has 0 saturated heterocycles. The van der Waals surface area contributed by atoms with Crippen LogP contribution in [-0.2, 0) is 29.0 Å². The van der Waals surface area contributed by atoms with Crippen LogP contribution in [0.5, 0.6) is 11.5 Å². The number of fused-ring (bicyclic) bond motifs is 1. The van der Waals surface area contributed by atoms with Crippen LogP contribution in [0.1, 0.15) is 37.0 Å². The summed E-state index contributed by atoms with van der Waals surface area (Å²) < 4.78 is 10.9. The number of hydrogen-bond donors (Lipinski definition) is 1. The molecule has 1 N–H and O–H groups in total. The highest BCUT2D eigenvalue weighted by Crippen LogP contribution is 2.33. The van der Waals surface area contributed by atoms with E-state index in [9.17, 15) is 9.59 Å². The van der Waals surface area contributed by atoms with Crippen LogP contribution in [0.4, 0.5) is 0 Å². The molecule has 0 radical (unpaired) electrons. The van der Waals surface area contributed by atoms with E-state index in [1.165, 1.54) is 0 Å². The predicted octanol–water partition coefficient (Wildman–Crippen LogP) is 6.07. The van der Waals surface area contributed by atoms with Crippen molar-refractivity contribution in [2.75, 3.05) is 13.3 Å². The van der Waals surface area contributed by atoms with E-state index in [4.69, 9.17) is 32.7 Å². The summed E-state index contributed by atoms with van der Waals surface area (Å²) in [4.78, 5) is 29.0. The second-order valence-electron chi connectivity index (χ2n) is 9.80. The maximum Gasteiger partial charge on any atom is 0.243 e. The third-order valence-corrected chi connectivity index (χ3v) is 7.10. The minimum Gasteiger partial charge on any atom is -0.454 e. The Morgan fingerprint density at radius 1 is 0.895 bits per heavy atom. The highest BCUT2D eigenvalue weighted by Gasteiger charge is 2.30. The van der Waals surface area contributed by atoms with Crippen LogP contribution >= 0.6 is 23.2 Å². The van der Waals surface area contributed by atoms with E-state index in [2.05, 4.69) is 5.32 Å². The van der Waals surface area contributed by atoms with Gasteiger partial charge in [-0.05, 0) is 53.3 Å². The van der Waals surface area contributed by atoms with Gasteiger partial charge in [-0.25, -0.2) is 0 Å². The van der Waals surface area contributed by atoms with Gasteiger partial charge in [0.25, 0.3) is 0 Å². The van der Waals surface area contributed by atoms with Crippen LogP contribution in [0.3, 0.4) is 0 Å². The van der Waals surface area contributed by atoms with Gasteiger partial charge in [-0.15, -0.1) is 0 Å². The number of nitrogens with one attached hydrogen (secondary N) is 1. The number of carbonyl (C=O) groups is 2. The molecule has 0 bridgehead atoms. The van der Waals surface area contributed by atoms with Crippen molar-refractivity contribution in [2.45, 2.75) is 45.7 Å². The number of hydrogen-bond acceptors (Lipinski definition) is 4. The van der Waals surface area contributed by atoms with Crippen LogP contribution in [-0.4, -0.2) is 36.1 Å². The minimum absolute atomic E-state index is 0.130. The number of rotatable bonds is 11. The van der Waals surface area contributed by atoms with Crippen molar-refractivity contribution in [3.63, 3.8) is 0 Å². The number of carbonyl (C=O) groups excluding carboxylic acids is 2. The van der Waals surface area contributed by atoms with Gasteiger partial charge in [0.05, 0.1) is 10.0 Å². The Labute approximate surface area is 233 Å². The van der Waals surface area contributed by atoms with Gasteiger partial charge in [-0.2, -0.15) is 0 Å². The summed E-state index contributed by atoms with van der Waals surface area (Å²) >= 11 is 12.4. The molecule has 0 fully saturated rings. The van der Waals surface area contributed by atoms with Crippen molar-refractivity contribution in [1.29, 1.82) is 0 Å². The van der Waals surface area contributed by atoms with E-state index in [0.29, 0.717) is 40.9 Å². The number of benzene rings is 3. The molecular weight excluding hydrogens is 523 g/mol. The molecule has 200 valence electrons. The summed E-state index contributed by atoms with van der Waals surface area (Å²) in [5.41, 5.74) is 2.73. The van der Waals surface area contributed by atoms with Gasteiger partial charge in [-0.1, -0.05) is 79.5 Å². The van der Waals surface area contributed by atoms with Gasteiger partial charge in [0, 0.05) is 25.9 Å². The topological polar surface area (TPSA) is 67.9 Å². The SMILES string of the molecule is CC(C)CNC(=O)[C@@H](Cc1ccccc1)N(Cc1ccc(Cl)c(Cl)c1)C(=O)CCc1ccc2c(c1)OCO2. The summed E-state index contributed by atoms with van der Waals surface area (Å²) in [5, 5.41) is 3.88. The molecule has 0 aliphatic carbocycles. The third-order valence-electron chi connectivity index (χ3n) is 6.36. The van der Waals surface area contributed by atoms with E-state index < -0.39 is 6.04 Å². The monoisotopic (exact) mass is 554 g/mol. The van der Waals surface area contributed by atoms with E-state index in [1.54, 1.807) is 17.0 Å². The maximum atomic E-state index is 13.8. The van der Waals surface area contributed by atoms with Crippen molar-refractivity contribution in [3.8, 4) is 11.5 Å². The molecule has 0 unspecified atom stereocenters. The minimum atomic E-state index is -0.699. The highest BCUT2D eigenvalue weighted by molar-refractivity contribution is 6.42. The fourth-order valence-corrected chi connectivity index (χ4v) is 4.62. The van der Waals surface area contributed by atoms with Gasteiger partial charge in [-0.3, -0.25) is 9.59 Å². The highest BCUT2D eigenvalue weighted by atomic mass is 35.5. The molecule has 2 amide bonds. The van der Waals surface area contributed by atoms with Crippen molar-refractivity contribution in [3.05, 3.63) is 93.5 Å². The lowest BCUT2D eigenvalue weighted by Gasteiger charge is -2.32. The zero-order valence-electron chi connectivity index (χ0n) is 21.6. The molecule has 0 aromatic heterocycles. The van der Waals surface area contributed by atoms with Gasteiger partial charge < -0.3 is 19.7 Å². The molecule has 8 heteroatoms. The fourth-order valence-electron chi connectivity index (χ4n) is 4.30. The Bertz CT molecular complexity index is 1270. The number of aryl methyl sites for hydroxylation is 1. The van der Waals surface area contributed by atoms with Crippen molar-refractivity contribution in [2.24, 2.45) is 5.92 Å². The first kappa shape index (κ1) is 27.8. The number of halogens is 2. The van der Waals surface area contributed by atoms with E-state index in [1.807, 2.05) is 68.4 Å². The summed E-state index contributed by atoms with van der Waals surface area (Å²) in [6, 6.07) is 20.0. The van der Waals surface area contributed by atoms with Crippen LogP contribution in [0.25, 0.3) is 0 Å². The van der Waals surface area contributed by atoms with Crippen molar-refractivity contribution in [1.82, 2.24) is 10.2 Å². The molecule has 3 aromatic rings. The first-order valence-corrected chi connectivity index (χ1v) is 13.5. The summed E-state index contributed by atoms with van der Waals surface area (Å²) in [7, 11) is 0. The predicted molar refractivity (Wildman–Crippen MR) is 150 cm³/mol. The normalized spacial score (nSPS) is 12.9. The summed E-state index contributed by atoms with van der Waals surface area (Å²) in [5.74, 6) is 1.35. The Hall–Kier alpha value is -3.22. The van der Waals surface area contributed by atoms with E-state index >= 15 is 0 Å². The molecule has 1 atom stereocenters. The van der Waals surface area contributed by atoms with Crippen LogP contribution < -0.4 is 14.8 Å². The third kappa shape index (κ3) is 7.42. The second-order valence-corrected chi connectivity index (χ2v) is 10.6. The number of nitrogens with zero attached hydrogens (tertiary/aromatic N) is 1. The van der Waals surface area contributed by atoms with E-state index in [-0.39, 0.29) is 37.5 Å². The smallest absolute Gasteiger partial charge is 0.243 e. The first-order valence-electron chi connectivity index (χ1n) is 12.7. The zero-order chi connectivity index (χ0) is 27.1. The van der Waals surface area contributed by atoms with Crippen molar-refractivity contribution < 1.29 is 19.1 Å². The Kier molecular flexibility index (Phi) is 9.53. The lowest BCUT2D eigenvalue weighted by Crippen LogP contribution is -2.51. The lowest BCUT2D eigenvalue weighted by atomic mass is 10.0. The Morgan fingerprint density at radius 2 is 1.63 bits per heavy atom. The number of ether oxygens (including phenoxy) is 2. The number of amides is 2. The van der Waals surface area contributed by atoms with Gasteiger partial charge >= 0.3 is 0 Å². The average Bonchev–Trinajstić information content (AvgIpc) is 3.38. The van der Waals surface area contributed by atoms with Gasteiger partial charge in [0.15, 0.2) is 11.5 Å². The standard InChI is InChI=1S/C30H32Cl2N2O4/c1-20(2)17-33-30(36)26(15-21-6-4-3-5-7-21)34(18-23-8-11-24(31)25(32)14-23)29(35)13-10-22-9-12-27-28(16-22)38-19-37-27/h3-9,11-12,14,16,20,26H,10,13,15,17-19H2,1-2H3,(H,33,36)/t26-/m1/s1. The Balaban J connectivity index is 1.60. The van der Waals surface area contributed by atoms with Crippen LogP contribution in [0, 0.1) is 5.92 Å².